The van der Waals surface area contributed by atoms with Gasteiger partial charge in [0, 0.05) is 74.0 Å². The molecule has 0 saturated heterocycles. The summed E-state index contributed by atoms with van der Waals surface area (Å²) in [5, 5.41) is 18.2. The van der Waals surface area contributed by atoms with E-state index in [-0.39, 0.29) is 33.9 Å². The van der Waals surface area contributed by atoms with Crippen molar-refractivity contribution < 1.29 is 14.7 Å². The van der Waals surface area contributed by atoms with Crippen LogP contribution in [0.1, 0.15) is 98.7 Å². The Balaban J connectivity index is 0.000000279. The zero-order valence-corrected chi connectivity index (χ0v) is 42.3. The van der Waals surface area contributed by atoms with Crippen LogP contribution in [0.3, 0.4) is 0 Å². The molecule has 0 fully saturated rings. The molecule has 2 heterocycles. The minimum absolute atomic E-state index is 0. The molecule has 338 valence electrons. The molecule has 0 unspecified atom stereocenters. The molecule has 6 aromatic rings. The fraction of sp³-hybridized carbons (Fsp3) is 0.333. The second kappa shape index (κ2) is 23.4. The fourth-order valence-electron chi connectivity index (χ4n) is 6.26. The summed E-state index contributed by atoms with van der Waals surface area (Å²) in [6.45, 7) is 21.4. The number of rotatable bonds is 15. The molecule has 1 amide bonds. The number of aromatic nitrogens is 2. The number of carboxylic acid groups (broad SMARTS) is 1. The van der Waals surface area contributed by atoms with Gasteiger partial charge in [-0.1, -0.05) is 57.2 Å². The van der Waals surface area contributed by atoms with E-state index in [0.29, 0.717) is 12.1 Å². The van der Waals surface area contributed by atoms with Crippen LogP contribution in [0, 0.1) is 33.1 Å². The number of halogens is 1. The molecule has 6 rings (SSSR count). The minimum atomic E-state index is -0.921. The number of thiazole rings is 2. The van der Waals surface area contributed by atoms with Crippen molar-refractivity contribution in [3.05, 3.63) is 138 Å². The lowest BCUT2D eigenvalue weighted by atomic mass is 9.97. The summed E-state index contributed by atoms with van der Waals surface area (Å²) in [7, 11) is 4.03. The summed E-state index contributed by atoms with van der Waals surface area (Å²) < 4.78 is 0. The van der Waals surface area contributed by atoms with Crippen LogP contribution >= 0.6 is 39.7 Å². The Hall–Kier alpha value is -5.50. The first-order valence-electron chi connectivity index (χ1n) is 21.2. The lowest BCUT2D eigenvalue weighted by Crippen LogP contribution is -2.32. The molecule has 2 aromatic heterocycles. The van der Waals surface area contributed by atoms with Crippen molar-refractivity contribution in [2.45, 2.75) is 75.2 Å². The summed E-state index contributed by atoms with van der Waals surface area (Å²) in [6, 6.07) is 23.2. The summed E-state index contributed by atoms with van der Waals surface area (Å²) in [5.74, 6) is -0.962. The molecule has 0 bridgehead atoms. The first kappa shape index (κ1) is 51.1. The number of nitrogens with zero attached hydrogens (tertiary/aromatic N) is 6. The Morgan fingerprint density at radius 1 is 0.672 bits per heavy atom. The van der Waals surface area contributed by atoms with Gasteiger partial charge in [0.25, 0.3) is 5.91 Å². The number of carboxylic acids is 1. The molecule has 13 heteroatoms. The van der Waals surface area contributed by atoms with E-state index in [9.17, 15) is 9.59 Å². The second-order valence-corrected chi connectivity index (χ2v) is 19.0. The highest BCUT2D eigenvalue weighted by Crippen LogP contribution is 2.30. The van der Waals surface area contributed by atoms with Crippen LogP contribution in [0.25, 0.3) is 22.5 Å². The van der Waals surface area contributed by atoms with E-state index >= 15 is 0 Å². The molecule has 10 nitrogen and oxygen atoms in total. The third kappa shape index (κ3) is 14.8. The molecule has 0 saturated carbocycles. The molecular weight excluding hydrogens is 903 g/mol. The Morgan fingerprint density at radius 2 is 1.08 bits per heavy atom. The molecule has 0 spiro atoms. The third-order valence-electron chi connectivity index (χ3n) is 10.5. The van der Waals surface area contributed by atoms with E-state index in [4.69, 9.17) is 15.1 Å². The molecule has 0 aliphatic heterocycles. The number of aromatic carboxylic acids is 1. The van der Waals surface area contributed by atoms with Crippen LogP contribution in [-0.2, 0) is 12.8 Å². The monoisotopic (exact) mass is 963 g/mol. The van der Waals surface area contributed by atoms with E-state index in [0.717, 1.165) is 75.4 Å². The van der Waals surface area contributed by atoms with Gasteiger partial charge in [-0.3, -0.25) is 4.79 Å². The van der Waals surface area contributed by atoms with Crippen LogP contribution in [-0.4, -0.2) is 83.2 Å². The summed E-state index contributed by atoms with van der Waals surface area (Å²) in [6.07, 6.45) is 5.31. The molecular formula is C51H62BrN7O3S2. The van der Waals surface area contributed by atoms with Gasteiger partial charge in [0.05, 0.1) is 51.0 Å². The van der Waals surface area contributed by atoms with Gasteiger partial charge < -0.3 is 20.2 Å². The topological polar surface area (TPSA) is 123 Å². The zero-order chi connectivity index (χ0) is 45.8. The number of hydrogen-bond acceptors (Lipinski definition) is 8. The Bertz CT molecular complexity index is 2560. The molecule has 4 aromatic carbocycles. The largest absolute Gasteiger partial charge is 0.478 e. The van der Waals surface area contributed by atoms with Crippen LogP contribution in [0.15, 0.2) is 93.5 Å². The van der Waals surface area contributed by atoms with Crippen molar-refractivity contribution in [3.8, 4) is 22.5 Å². The third-order valence-corrected chi connectivity index (χ3v) is 12.2. The number of aliphatic imine (C=N–C) groups is 2. The Labute approximate surface area is 398 Å². The predicted molar refractivity (Wildman–Crippen MR) is 275 cm³/mol. The van der Waals surface area contributed by atoms with E-state index in [1.54, 1.807) is 46.9 Å². The highest BCUT2D eigenvalue weighted by atomic mass is 79.9. The minimum Gasteiger partial charge on any atom is -0.478 e. The van der Waals surface area contributed by atoms with Crippen LogP contribution in [0.5, 0.6) is 0 Å². The molecule has 0 atom stereocenters. The Morgan fingerprint density at radius 3 is 1.45 bits per heavy atom. The average Bonchev–Trinajstić information content (AvgIpc) is 3.94. The molecule has 0 radical (unpaired) electrons. The number of nitrogens with one attached hydrogen (secondary N) is 1. The van der Waals surface area contributed by atoms with Gasteiger partial charge in [0.1, 0.15) is 0 Å². The first-order chi connectivity index (χ1) is 29.9. The lowest BCUT2D eigenvalue weighted by Gasteiger charge is -2.18. The van der Waals surface area contributed by atoms with E-state index in [2.05, 4.69) is 112 Å². The van der Waals surface area contributed by atoms with Gasteiger partial charge in [0.15, 0.2) is 0 Å². The first-order valence-corrected chi connectivity index (χ1v) is 23.0. The summed E-state index contributed by atoms with van der Waals surface area (Å²) in [5.41, 5.74) is 14.0. The van der Waals surface area contributed by atoms with Gasteiger partial charge in [0.2, 0.25) is 0 Å². The number of benzene rings is 4. The lowest BCUT2D eigenvalue weighted by molar-refractivity contribution is 0.0696. The van der Waals surface area contributed by atoms with E-state index in [1.807, 2.05) is 61.3 Å². The van der Waals surface area contributed by atoms with Crippen molar-refractivity contribution in [1.29, 1.82) is 0 Å². The Kier molecular flexibility index (Phi) is 18.7. The van der Waals surface area contributed by atoms with E-state index < -0.39 is 5.97 Å². The molecule has 2 N–H and O–H groups in total. The van der Waals surface area contributed by atoms with Gasteiger partial charge in [-0.25, -0.2) is 24.7 Å². The second-order valence-electron chi connectivity index (χ2n) is 17.1. The fourth-order valence-corrected chi connectivity index (χ4v) is 7.92. The SMILES string of the molecule is Br.CCN(C)C=Nc1cc(C)c(Cc2nc(-c3ccc(C(=O)NCC(C)(C)C)cc3)cs2)cc1C.CCN(C)C=Nc1cc(C)c(Cc2nc(-c3ccc(C(=O)O)cc3)cs2)cc1C. The van der Waals surface area contributed by atoms with Crippen LogP contribution in [0.2, 0.25) is 0 Å². The normalized spacial score (nSPS) is 11.3. The highest BCUT2D eigenvalue weighted by molar-refractivity contribution is 8.93. The van der Waals surface area contributed by atoms with Crippen LogP contribution < -0.4 is 5.32 Å². The van der Waals surface area contributed by atoms with Crippen molar-refractivity contribution in [1.82, 2.24) is 25.1 Å². The van der Waals surface area contributed by atoms with Gasteiger partial charge in [-0.05, 0) is 117 Å². The van der Waals surface area contributed by atoms with Crippen molar-refractivity contribution >= 4 is 75.6 Å². The van der Waals surface area contributed by atoms with Gasteiger partial charge in [-0.15, -0.1) is 39.7 Å². The molecule has 0 aliphatic carbocycles. The standard InChI is InChI=1S/C28H36N4OS.C23H25N3O2S.BrH/c1-8-32(7)18-30-24-14-19(2)23(13-20(24)3)15-26-31-25(16-34-26)21-9-11-22(12-10-21)27(33)29-17-28(4,5)6;1-5-26(4)14-24-20-11-15(2)19(10-16(20)3)12-22-25-21(13-29-22)17-6-8-18(9-7-17)23(27)28;/h9-14,16,18H,8,15,17H2,1-7H3,(H,29,33);6-11,13-14H,5,12H2,1-4H3,(H,27,28);1H. The predicted octanol–water partition coefficient (Wildman–Crippen LogP) is 12.3. The summed E-state index contributed by atoms with van der Waals surface area (Å²) in [4.78, 5) is 46.3. The number of amides is 1. The number of carbonyl (C=O) groups excluding carboxylic acids is 1. The van der Waals surface area contributed by atoms with Crippen LogP contribution in [0.4, 0.5) is 11.4 Å². The summed E-state index contributed by atoms with van der Waals surface area (Å²) >= 11 is 3.29. The van der Waals surface area contributed by atoms with Crippen molar-refractivity contribution in [3.63, 3.8) is 0 Å². The van der Waals surface area contributed by atoms with Crippen molar-refractivity contribution in [2.75, 3.05) is 33.7 Å². The maximum absolute atomic E-state index is 12.4. The average molecular weight is 965 g/mol. The maximum Gasteiger partial charge on any atom is 0.335 e. The van der Waals surface area contributed by atoms with E-state index in [1.165, 1.54) is 27.8 Å². The number of hydrogen-bond donors (Lipinski definition) is 2. The number of aryl methyl sites for hydroxylation is 4. The smallest absolute Gasteiger partial charge is 0.335 e. The quantitative estimate of drug-likeness (QED) is 0.0776. The van der Waals surface area contributed by atoms with Crippen molar-refractivity contribution in [2.24, 2.45) is 15.4 Å². The van der Waals surface area contributed by atoms with Gasteiger partial charge in [-0.2, -0.15) is 0 Å². The zero-order valence-electron chi connectivity index (χ0n) is 38.9. The van der Waals surface area contributed by atoms with Gasteiger partial charge >= 0.3 is 5.97 Å². The molecule has 64 heavy (non-hydrogen) atoms. The number of carbonyl (C=O) groups is 2. The molecule has 0 aliphatic rings. The maximum atomic E-state index is 12.4. The highest BCUT2D eigenvalue weighted by Gasteiger charge is 2.15.